The van der Waals surface area contributed by atoms with Crippen LogP contribution in [0.15, 0.2) is 17.8 Å². The Morgan fingerprint density at radius 3 is 2.80 bits per heavy atom. The maximum atomic E-state index is 5.32. The number of methoxy groups -OCH3 is 1. The maximum absolute atomic E-state index is 5.32. The van der Waals surface area contributed by atoms with Crippen LogP contribution in [-0.2, 0) is 6.42 Å². The van der Waals surface area contributed by atoms with Crippen molar-refractivity contribution in [3.05, 3.63) is 34.2 Å². The van der Waals surface area contributed by atoms with Crippen LogP contribution in [0, 0.1) is 6.92 Å². The summed E-state index contributed by atoms with van der Waals surface area (Å²) in [4.78, 5) is 13.2. The Labute approximate surface area is 123 Å². The van der Waals surface area contributed by atoms with Crippen molar-refractivity contribution in [3.8, 4) is 5.88 Å². The van der Waals surface area contributed by atoms with Crippen LogP contribution in [0.5, 0.6) is 5.88 Å². The summed E-state index contributed by atoms with van der Waals surface area (Å²) < 4.78 is 5.32. The summed E-state index contributed by atoms with van der Waals surface area (Å²) in [6.45, 7) is 5.09. The predicted octanol–water partition coefficient (Wildman–Crippen LogP) is 2.53. The minimum atomic E-state index is 0.0695. The van der Waals surface area contributed by atoms with E-state index in [1.165, 1.54) is 0 Å². The highest BCUT2D eigenvalue weighted by Gasteiger charge is 2.19. The molecule has 0 aliphatic carbocycles. The highest BCUT2D eigenvalue weighted by Crippen LogP contribution is 2.24. The van der Waals surface area contributed by atoms with Gasteiger partial charge in [0.05, 0.1) is 23.9 Å². The first-order valence-corrected chi connectivity index (χ1v) is 7.61. The zero-order chi connectivity index (χ0) is 14.4. The molecule has 0 aliphatic heterocycles. The monoisotopic (exact) mass is 292 g/mol. The molecule has 5 nitrogen and oxygen atoms in total. The summed E-state index contributed by atoms with van der Waals surface area (Å²) in [6, 6.07) is 0.0695. The fourth-order valence-corrected chi connectivity index (χ4v) is 2.65. The van der Waals surface area contributed by atoms with Crippen LogP contribution in [-0.4, -0.2) is 28.6 Å². The number of rotatable bonds is 7. The van der Waals surface area contributed by atoms with Crippen molar-refractivity contribution in [2.45, 2.75) is 32.7 Å². The van der Waals surface area contributed by atoms with Crippen molar-refractivity contribution in [2.24, 2.45) is 0 Å². The molecule has 1 atom stereocenters. The Morgan fingerprint density at radius 2 is 2.15 bits per heavy atom. The number of aromatic nitrogens is 3. The molecule has 2 rings (SSSR count). The van der Waals surface area contributed by atoms with Crippen molar-refractivity contribution in [1.82, 2.24) is 20.3 Å². The minimum absolute atomic E-state index is 0.0695. The van der Waals surface area contributed by atoms with Gasteiger partial charge in [0.1, 0.15) is 5.69 Å². The Bertz CT molecular complexity index is 543. The third-order valence-electron chi connectivity index (χ3n) is 2.94. The Morgan fingerprint density at radius 1 is 1.35 bits per heavy atom. The Balaban J connectivity index is 2.22. The molecule has 108 valence electrons. The molecule has 0 aromatic carbocycles. The molecule has 2 heterocycles. The highest BCUT2D eigenvalue weighted by atomic mass is 32.1. The molecular formula is C14H20N4OS. The van der Waals surface area contributed by atoms with E-state index in [4.69, 9.17) is 4.74 Å². The molecular weight excluding hydrogens is 272 g/mol. The van der Waals surface area contributed by atoms with Gasteiger partial charge in [-0.2, -0.15) is 0 Å². The van der Waals surface area contributed by atoms with E-state index in [0.29, 0.717) is 5.88 Å². The molecule has 0 bridgehead atoms. The second-order valence-corrected chi connectivity index (χ2v) is 5.58. The number of ether oxygens (including phenoxy) is 1. The lowest BCUT2D eigenvalue weighted by Crippen LogP contribution is -2.26. The average molecular weight is 292 g/mol. The first-order valence-electron chi connectivity index (χ1n) is 6.73. The zero-order valence-corrected chi connectivity index (χ0v) is 12.9. The fourth-order valence-electron chi connectivity index (χ4n) is 2.03. The van der Waals surface area contributed by atoms with Gasteiger partial charge in [-0.05, 0) is 19.9 Å². The van der Waals surface area contributed by atoms with Crippen LogP contribution in [0.25, 0.3) is 0 Å². The smallest absolute Gasteiger partial charge is 0.237 e. The van der Waals surface area contributed by atoms with E-state index in [0.717, 1.165) is 35.8 Å². The zero-order valence-electron chi connectivity index (χ0n) is 12.1. The van der Waals surface area contributed by atoms with Gasteiger partial charge >= 0.3 is 0 Å². The summed E-state index contributed by atoms with van der Waals surface area (Å²) in [5.41, 5.74) is 1.92. The molecule has 2 aromatic heterocycles. The molecule has 0 radical (unpaired) electrons. The van der Waals surface area contributed by atoms with Crippen LogP contribution in [0.3, 0.4) is 0 Å². The van der Waals surface area contributed by atoms with E-state index in [-0.39, 0.29) is 6.04 Å². The van der Waals surface area contributed by atoms with Gasteiger partial charge in [0.2, 0.25) is 5.88 Å². The summed E-state index contributed by atoms with van der Waals surface area (Å²) >= 11 is 1.67. The van der Waals surface area contributed by atoms with Crippen molar-refractivity contribution in [3.63, 3.8) is 0 Å². The first-order chi connectivity index (χ1) is 9.74. The highest BCUT2D eigenvalue weighted by molar-refractivity contribution is 7.09. The van der Waals surface area contributed by atoms with Gasteiger partial charge in [0.15, 0.2) is 0 Å². The number of nitrogens with zero attached hydrogens (tertiary/aromatic N) is 3. The van der Waals surface area contributed by atoms with Crippen LogP contribution >= 0.6 is 11.3 Å². The molecule has 0 fully saturated rings. The largest absolute Gasteiger partial charge is 0.480 e. The molecule has 2 aromatic rings. The molecule has 0 spiro atoms. The van der Waals surface area contributed by atoms with Gasteiger partial charge in [-0.15, -0.1) is 11.3 Å². The summed E-state index contributed by atoms with van der Waals surface area (Å²) in [5.74, 6) is 0.577. The van der Waals surface area contributed by atoms with E-state index in [9.17, 15) is 0 Å². The lowest BCUT2D eigenvalue weighted by Gasteiger charge is -2.18. The lowest BCUT2D eigenvalue weighted by atomic mass is 10.1. The van der Waals surface area contributed by atoms with E-state index >= 15 is 0 Å². The second-order valence-electron chi connectivity index (χ2n) is 4.52. The van der Waals surface area contributed by atoms with Gasteiger partial charge < -0.3 is 10.1 Å². The van der Waals surface area contributed by atoms with Gasteiger partial charge in [-0.25, -0.2) is 9.97 Å². The fraction of sp³-hybridized carbons (Fsp3) is 0.500. The van der Waals surface area contributed by atoms with Crippen molar-refractivity contribution in [1.29, 1.82) is 0 Å². The average Bonchev–Trinajstić information content (AvgIpc) is 2.88. The third-order valence-corrected chi connectivity index (χ3v) is 3.76. The van der Waals surface area contributed by atoms with Crippen LogP contribution in [0.4, 0.5) is 0 Å². The van der Waals surface area contributed by atoms with Gasteiger partial charge in [-0.3, -0.25) is 4.98 Å². The number of thiazole rings is 1. The third kappa shape index (κ3) is 3.74. The standard InChI is InChI=1S/C14H20N4OS/c1-4-5-15-12(8-11-9-20-10(2)18-11)13-14(19-3)17-7-6-16-13/h6-7,9,12,15H,4-5,8H2,1-3H3. The van der Waals surface area contributed by atoms with Gasteiger partial charge in [-0.1, -0.05) is 6.92 Å². The summed E-state index contributed by atoms with van der Waals surface area (Å²) in [6.07, 6.45) is 5.20. The summed E-state index contributed by atoms with van der Waals surface area (Å²) in [7, 11) is 1.62. The number of hydrogen-bond donors (Lipinski definition) is 1. The topological polar surface area (TPSA) is 59.9 Å². The molecule has 1 unspecified atom stereocenters. The minimum Gasteiger partial charge on any atom is -0.480 e. The van der Waals surface area contributed by atoms with Gasteiger partial charge in [0, 0.05) is 24.2 Å². The second kappa shape index (κ2) is 7.31. The van der Waals surface area contributed by atoms with Crippen LogP contribution < -0.4 is 10.1 Å². The van der Waals surface area contributed by atoms with E-state index in [1.807, 2.05) is 6.92 Å². The van der Waals surface area contributed by atoms with E-state index < -0.39 is 0 Å². The van der Waals surface area contributed by atoms with Gasteiger partial charge in [0.25, 0.3) is 0 Å². The number of aryl methyl sites for hydroxylation is 1. The van der Waals surface area contributed by atoms with Crippen molar-refractivity contribution < 1.29 is 4.74 Å². The molecule has 0 saturated carbocycles. The SMILES string of the molecule is CCCNC(Cc1csc(C)n1)c1nccnc1OC. The molecule has 0 saturated heterocycles. The number of nitrogens with one attached hydrogen (secondary N) is 1. The lowest BCUT2D eigenvalue weighted by molar-refractivity contribution is 0.376. The molecule has 0 aliphatic rings. The van der Waals surface area contributed by atoms with Crippen molar-refractivity contribution in [2.75, 3.05) is 13.7 Å². The molecule has 0 amide bonds. The first kappa shape index (κ1) is 14.9. The predicted molar refractivity (Wildman–Crippen MR) is 80.2 cm³/mol. The van der Waals surface area contributed by atoms with Crippen molar-refractivity contribution >= 4 is 11.3 Å². The maximum Gasteiger partial charge on any atom is 0.237 e. The number of hydrogen-bond acceptors (Lipinski definition) is 6. The van der Waals surface area contributed by atoms with Crippen LogP contribution in [0.2, 0.25) is 0 Å². The van der Waals surface area contributed by atoms with Crippen LogP contribution in [0.1, 0.15) is 35.8 Å². The molecule has 1 N–H and O–H groups in total. The normalized spacial score (nSPS) is 12.3. The summed E-state index contributed by atoms with van der Waals surface area (Å²) in [5, 5.41) is 6.68. The quantitative estimate of drug-likeness (QED) is 0.849. The molecule has 20 heavy (non-hydrogen) atoms. The van der Waals surface area contributed by atoms with E-state index in [2.05, 4.69) is 32.6 Å². The Kier molecular flexibility index (Phi) is 5.43. The Hall–Kier alpha value is -1.53. The molecule has 6 heteroatoms. The van der Waals surface area contributed by atoms with E-state index in [1.54, 1.807) is 30.8 Å².